The van der Waals surface area contributed by atoms with Crippen LogP contribution in [-0.2, 0) is 13.0 Å². The monoisotopic (exact) mass is 249 g/mol. The van der Waals surface area contributed by atoms with Crippen LogP contribution in [-0.4, -0.2) is 20.6 Å². The zero-order chi connectivity index (χ0) is 12.2. The van der Waals surface area contributed by atoms with Crippen LogP contribution in [0.2, 0.25) is 0 Å². The highest BCUT2D eigenvalue weighted by Crippen LogP contribution is 2.28. The third-order valence-electron chi connectivity index (χ3n) is 3.15. The molecule has 0 aliphatic carbocycles. The minimum atomic E-state index is -0.935. The summed E-state index contributed by atoms with van der Waals surface area (Å²) in [6, 6.07) is 0. The molecule has 0 bridgehead atoms. The Kier molecular flexibility index (Phi) is 2.09. The van der Waals surface area contributed by atoms with Crippen LogP contribution < -0.4 is 5.49 Å². The minimum Gasteiger partial charge on any atom is -0.477 e. The van der Waals surface area contributed by atoms with E-state index >= 15 is 0 Å². The van der Waals surface area contributed by atoms with Gasteiger partial charge in [-0.25, -0.2) is 9.78 Å². The molecule has 0 spiro atoms. The standard InChI is InChI=1S/C11H11N3O2S/c1-5-7-9(12)14-4-2-3-6(14)13-10(7)17-8(5)11(15)16/h12H,2-4H2,1H3,(H,15,16). The zero-order valence-electron chi connectivity index (χ0n) is 9.28. The summed E-state index contributed by atoms with van der Waals surface area (Å²) in [5, 5.41) is 17.9. The molecule has 5 nitrogen and oxygen atoms in total. The number of aromatic nitrogens is 2. The van der Waals surface area contributed by atoms with Gasteiger partial charge in [0.25, 0.3) is 0 Å². The van der Waals surface area contributed by atoms with Crippen molar-refractivity contribution in [3.05, 3.63) is 21.8 Å². The average Bonchev–Trinajstić information content (AvgIpc) is 2.84. The first-order valence-electron chi connectivity index (χ1n) is 5.40. The number of aryl methyl sites for hydroxylation is 2. The van der Waals surface area contributed by atoms with Crippen molar-refractivity contribution in [2.45, 2.75) is 26.3 Å². The number of fused-ring (bicyclic) bond motifs is 2. The van der Waals surface area contributed by atoms with Crippen molar-refractivity contribution < 1.29 is 9.90 Å². The van der Waals surface area contributed by atoms with Crippen LogP contribution >= 0.6 is 11.3 Å². The van der Waals surface area contributed by atoms with E-state index < -0.39 is 5.97 Å². The molecule has 0 amide bonds. The fourth-order valence-electron chi connectivity index (χ4n) is 2.33. The molecule has 0 aromatic carbocycles. The Morgan fingerprint density at radius 1 is 1.59 bits per heavy atom. The summed E-state index contributed by atoms with van der Waals surface area (Å²) in [5.74, 6) is -0.0317. The fraction of sp³-hybridized carbons (Fsp3) is 0.364. The average molecular weight is 249 g/mol. The van der Waals surface area contributed by atoms with Gasteiger partial charge in [-0.15, -0.1) is 11.3 Å². The van der Waals surface area contributed by atoms with E-state index in [9.17, 15) is 4.79 Å². The highest BCUT2D eigenvalue weighted by Gasteiger charge is 2.21. The third-order valence-corrected chi connectivity index (χ3v) is 4.33. The molecule has 1 aliphatic heterocycles. The van der Waals surface area contributed by atoms with Crippen molar-refractivity contribution in [2.75, 3.05) is 0 Å². The van der Waals surface area contributed by atoms with Crippen molar-refractivity contribution in [1.82, 2.24) is 9.55 Å². The first-order valence-corrected chi connectivity index (χ1v) is 6.22. The van der Waals surface area contributed by atoms with Gasteiger partial charge in [-0.2, -0.15) is 0 Å². The number of thiophene rings is 1. The second-order valence-corrected chi connectivity index (χ2v) is 5.17. The molecule has 2 N–H and O–H groups in total. The molecule has 0 atom stereocenters. The van der Waals surface area contributed by atoms with Crippen LogP contribution in [0.1, 0.15) is 27.5 Å². The summed E-state index contributed by atoms with van der Waals surface area (Å²) in [6.07, 6.45) is 1.89. The molecule has 3 heterocycles. The summed E-state index contributed by atoms with van der Waals surface area (Å²) >= 11 is 1.17. The first kappa shape index (κ1) is 10.5. The van der Waals surface area contributed by atoms with Crippen LogP contribution in [0, 0.1) is 12.3 Å². The van der Waals surface area contributed by atoms with Crippen LogP contribution in [0.25, 0.3) is 10.2 Å². The number of carboxylic acids is 1. The molecule has 0 fully saturated rings. The number of carboxylic acid groups (broad SMARTS) is 1. The molecule has 0 radical (unpaired) electrons. The number of rotatable bonds is 1. The Morgan fingerprint density at radius 3 is 3.06 bits per heavy atom. The predicted molar refractivity (Wildman–Crippen MR) is 63.5 cm³/mol. The Hall–Kier alpha value is -1.69. The smallest absolute Gasteiger partial charge is 0.346 e. The number of nitrogens with zero attached hydrogens (tertiary/aromatic N) is 2. The van der Waals surface area contributed by atoms with Gasteiger partial charge in [-0.1, -0.05) is 0 Å². The molecule has 6 heteroatoms. The lowest BCUT2D eigenvalue weighted by Gasteiger charge is -2.03. The van der Waals surface area contributed by atoms with Crippen LogP contribution in [0.15, 0.2) is 0 Å². The van der Waals surface area contributed by atoms with Gasteiger partial charge in [0.1, 0.15) is 21.0 Å². The Labute approximate surface area is 101 Å². The van der Waals surface area contributed by atoms with Gasteiger partial charge >= 0.3 is 5.97 Å². The quantitative estimate of drug-likeness (QED) is 0.804. The molecule has 2 aromatic heterocycles. The number of aromatic carboxylic acids is 1. The second kappa shape index (κ2) is 3.40. The summed E-state index contributed by atoms with van der Waals surface area (Å²) in [6.45, 7) is 2.57. The fourth-order valence-corrected chi connectivity index (χ4v) is 3.37. The van der Waals surface area contributed by atoms with E-state index in [1.807, 2.05) is 4.57 Å². The van der Waals surface area contributed by atoms with Gasteiger partial charge in [-0.05, 0) is 18.9 Å². The van der Waals surface area contributed by atoms with Crippen molar-refractivity contribution in [3.63, 3.8) is 0 Å². The molecule has 0 saturated carbocycles. The molecular formula is C11H11N3O2S. The third kappa shape index (κ3) is 1.33. The van der Waals surface area contributed by atoms with Crippen molar-refractivity contribution in [2.24, 2.45) is 0 Å². The van der Waals surface area contributed by atoms with Crippen molar-refractivity contribution >= 4 is 27.5 Å². The number of carbonyl (C=O) groups is 1. The lowest BCUT2D eigenvalue weighted by molar-refractivity contribution is 0.0701. The second-order valence-electron chi connectivity index (χ2n) is 4.17. The molecular weight excluding hydrogens is 238 g/mol. The first-order chi connectivity index (χ1) is 8.09. The summed E-state index contributed by atoms with van der Waals surface area (Å²) in [4.78, 5) is 16.5. The van der Waals surface area contributed by atoms with E-state index in [1.54, 1.807) is 6.92 Å². The summed E-state index contributed by atoms with van der Waals surface area (Å²) in [7, 11) is 0. The maximum absolute atomic E-state index is 11.1. The lowest BCUT2D eigenvalue weighted by atomic mass is 10.2. The van der Waals surface area contributed by atoms with E-state index in [4.69, 9.17) is 10.5 Å². The largest absolute Gasteiger partial charge is 0.477 e. The summed E-state index contributed by atoms with van der Waals surface area (Å²) < 4.78 is 1.88. The lowest BCUT2D eigenvalue weighted by Crippen LogP contribution is -2.21. The maximum Gasteiger partial charge on any atom is 0.346 e. The van der Waals surface area contributed by atoms with Gasteiger partial charge in [0, 0.05) is 13.0 Å². The molecule has 1 aliphatic rings. The minimum absolute atomic E-state index is 0.297. The molecule has 88 valence electrons. The Balaban J connectivity index is 2.44. The summed E-state index contributed by atoms with van der Waals surface area (Å²) in [5.41, 5.74) is 1.07. The molecule has 0 saturated heterocycles. The number of hydrogen-bond acceptors (Lipinski definition) is 4. The number of nitrogens with one attached hydrogen (secondary N) is 1. The van der Waals surface area contributed by atoms with E-state index in [0.29, 0.717) is 26.1 Å². The van der Waals surface area contributed by atoms with E-state index in [0.717, 1.165) is 25.2 Å². The van der Waals surface area contributed by atoms with Crippen LogP contribution in [0.3, 0.4) is 0 Å². The van der Waals surface area contributed by atoms with Gasteiger partial charge in [-0.3, -0.25) is 5.41 Å². The molecule has 17 heavy (non-hydrogen) atoms. The van der Waals surface area contributed by atoms with Crippen molar-refractivity contribution in [1.29, 1.82) is 5.41 Å². The molecule has 3 rings (SSSR count). The van der Waals surface area contributed by atoms with Crippen molar-refractivity contribution in [3.8, 4) is 0 Å². The van der Waals surface area contributed by atoms with Crippen LogP contribution in [0.5, 0.6) is 0 Å². The SMILES string of the molecule is Cc1c(C(=O)O)sc2nc3n(c(=N)c12)CCC3. The maximum atomic E-state index is 11.1. The highest BCUT2D eigenvalue weighted by atomic mass is 32.1. The van der Waals surface area contributed by atoms with Crippen LogP contribution in [0.4, 0.5) is 0 Å². The zero-order valence-corrected chi connectivity index (χ0v) is 10.1. The van der Waals surface area contributed by atoms with E-state index in [1.165, 1.54) is 11.3 Å². The van der Waals surface area contributed by atoms with E-state index in [2.05, 4.69) is 4.98 Å². The molecule has 0 unspecified atom stereocenters. The predicted octanol–water partition coefficient (Wildman–Crippen LogP) is 1.53. The van der Waals surface area contributed by atoms with Gasteiger partial charge < -0.3 is 9.67 Å². The van der Waals surface area contributed by atoms with Gasteiger partial charge in [0.15, 0.2) is 0 Å². The normalized spacial score (nSPS) is 14.2. The topological polar surface area (TPSA) is 79.0 Å². The molecule has 2 aromatic rings. The van der Waals surface area contributed by atoms with Gasteiger partial charge in [0.05, 0.1) is 5.39 Å². The van der Waals surface area contributed by atoms with Gasteiger partial charge in [0.2, 0.25) is 0 Å². The number of hydrogen-bond donors (Lipinski definition) is 2. The Bertz CT molecular complexity index is 699. The Morgan fingerprint density at radius 2 is 2.35 bits per heavy atom. The highest BCUT2D eigenvalue weighted by molar-refractivity contribution is 7.20. The van der Waals surface area contributed by atoms with E-state index in [-0.39, 0.29) is 0 Å².